The molecule has 25 heavy (non-hydrogen) atoms. The van der Waals surface area contributed by atoms with Gasteiger partial charge >= 0.3 is 0 Å². The van der Waals surface area contributed by atoms with Gasteiger partial charge in [-0.15, -0.1) is 0 Å². The minimum Gasteiger partial charge on any atom is -0.338 e. The van der Waals surface area contributed by atoms with E-state index in [1.807, 2.05) is 48.1 Å². The number of benzene rings is 1. The molecule has 0 fully saturated rings. The predicted octanol–water partition coefficient (Wildman–Crippen LogP) is 3.34. The van der Waals surface area contributed by atoms with Gasteiger partial charge in [0.25, 0.3) is 0 Å². The zero-order chi connectivity index (χ0) is 17.2. The summed E-state index contributed by atoms with van der Waals surface area (Å²) in [5.41, 5.74) is 2.21. The van der Waals surface area contributed by atoms with E-state index in [0.717, 1.165) is 27.2 Å². The number of hydrogen-bond acceptors (Lipinski definition) is 6. The summed E-state index contributed by atoms with van der Waals surface area (Å²) in [6, 6.07) is 13.5. The maximum absolute atomic E-state index is 9.16. The van der Waals surface area contributed by atoms with Crippen LogP contribution in [-0.4, -0.2) is 24.3 Å². The molecular weight excluding hydrogens is 334 g/mol. The van der Waals surface area contributed by atoms with Crippen LogP contribution in [0.15, 0.2) is 55.2 Å². The van der Waals surface area contributed by atoms with Crippen molar-refractivity contribution in [3.8, 4) is 22.3 Å². The van der Waals surface area contributed by atoms with E-state index in [2.05, 4.69) is 21.5 Å². The average Bonchev–Trinajstić information content (AvgIpc) is 3.37. The standard InChI is InChI=1S/C17H13N7S/c1-23-7-3-6-14(23)21-17-22-15(13-5-2-4-12(8-13)9-18)16(25-17)24-11-19-10-20-24/h2-8,10-11H,1H3,(H,21,22). The summed E-state index contributed by atoms with van der Waals surface area (Å²) in [6.07, 6.45) is 5.09. The van der Waals surface area contributed by atoms with Gasteiger partial charge in [-0.3, -0.25) is 0 Å². The quantitative estimate of drug-likeness (QED) is 0.612. The fourth-order valence-electron chi connectivity index (χ4n) is 2.46. The SMILES string of the molecule is Cn1cccc1Nc1nc(-c2cccc(C#N)c2)c(-n2cncn2)s1. The zero-order valence-electron chi connectivity index (χ0n) is 13.3. The first-order valence-electron chi connectivity index (χ1n) is 7.49. The second kappa shape index (κ2) is 6.22. The molecular formula is C17H13N7S. The molecule has 0 saturated carbocycles. The van der Waals surface area contributed by atoms with Crippen LogP contribution in [0.4, 0.5) is 10.9 Å². The van der Waals surface area contributed by atoms with Crippen molar-refractivity contribution in [1.82, 2.24) is 24.3 Å². The van der Waals surface area contributed by atoms with Crippen LogP contribution >= 0.6 is 11.3 Å². The van der Waals surface area contributed by atoms with Crippen LogP contribution in [0.3, 0.4) is 0 Å². The molecule has 0 bridgehead atoms. The maximum atomic E-state index is 9.16. The Bertz CT molecular complexity index is 1050. The molecule has 3 aromatic heterocycles. The lowest BCUT2D eigenvalue weighted by molar-refractivity contribution is 0.895. The predicted molar refractivity (Wildman–Crippen MR) is 95.9 cm³/mol. The van der Waals surface area contributed by atoms with E-state index in [0.29, 0.717) is 5.56 Å². The lowest BCUT2D eigenvalue weighted by Crippen LogP contribution is -1.96. The van der Waals surface area contributed by atoms with Crippen molar-refractivity contribution >= 4 is 22.3 Å². The van der Waals surface area contributed by atoms with E-state index in [-0.39, 0.29) is 0 Å². The molecule has 1 aromatic carbocycles. The van der Waals surface area contributed by atoms with Crippen molar-refractivity contribution < 1.29 is 0 Å². The summed E-state index contributed by atoms with van der Waals surface area (Å²) >= 11 is 1.47. The number of hydrogen-bond donors (Lipinski definition) is 1. The molecule has 122 valence electrons. The molecule has 0 radical (unpaired) electrons. The second-order valence-electron chi connectivity index (χ2n) is 5.33. The van der Waals surface area contributed by atoms with Crippen molar-refractivity contribution in [3.63, 3.8) is 0 Å². The molecule has 1 N–H and O–H groups in total. The van der Waals surface area contributed by atoms with Crippen molar-refractivity contribution in [2.45, 2.75) is 0 Å². The van der Waals surface area contributed by atoms with Crippen molar-refractivity contribution in [2.75, 3.05) is 5.32 Å². The Hall–Kier alpha value is -3.44. The van der Waals surface area contributed by atoms with Crippen LogP contribution in [0, 0.1) is 11.3 Å². The van der Waals surface area contributed by atoms with Gasteiger partial charge in [-0.25, -0.2) is 14.6 Å². The lowest BCUT2D eigenvalue weighted by atomic mass is 10.1. The van der Waals surface area contributed by atoms with Gasteiger partial charge in [-0.2, -0.15) is 10.4 Å². The van der Waals surface area contributed by atoms with Gasteiger partial charge in [0.15, 0.2) is 5.13 Å². The Morgan fingerprint density at radius 2 is 2.16 bits per heavy atom. The monoisotopic (exact) mass is 347 g/mol. The molecule has 7 nitrogen and oxygen atoms in total. The number of nitrogens with one attached hydrogen (secondary N) is 1. The minimum absolute atomic E-state index is 0.590. The molecule has 4 rings (SSSR count). The number of nitriles is 1. The molecule has 4 aromatic rings. The fourth-order valence-corrected chi connectivity index (χ4v) is 3.38. The Kier molecular flexibility index (Phi) is 3.76. The van der Waals surface area contributed by atoms with Gasteiger partial charge in [-0.1, -0.05) is 23.5 Å². The summed E-state index contributed by atoms with van der Waals surface area (Å²) in [6.45, 7) is 0. The van der Waals surface area contributed by atoms with Crippen LogP contribution in [0.2, 0.25) is 0 Å². The molecule has 0 aliphatic heterocycles. The molecule has 0 saturated heterocycles. The normalized spacial score (nSPS) is 10.6. The molecule has 0 amide bonds. The van der Waals surface area contributed by atoms with E-state index in [1.54, 1.807) is 17.1 Å². The summed E-state index contributed by atoms with van der Waals surface area (Å²) in [5.74, 6) is 0.941. The van der Waals surface area contributed by atoms with Gasteiger partial charge in [0.2, 0.25) is 0 Å². The lowest BCUT2D eigenvalue weighted by Gasteiger charge is -2.03. The van der Waals surface area contributed by atoms with Crippen LogP contribution in [0.1, 0.15) is 5.56 Å². The number of thiazole rings is 1. The fraction of sp³-hybridized carbons (Fsp3) is 0.0588. The second-order valence-corrected chi connectivity index (χ2v) is 6.31. The minimum atomic E-state index is 0.590. The van der Waals surface area contributed by atoms with Crippen LogP contribution in [0.5, 0.6) is 0 Å². The molecule has 0 atom stereocenters. The van der Waals surface area contributed by atoms with Gasteiger partial charge in [0.05, 0.1) is 11.6 Å². The van der Waals surface area contributed by atoms with E-state index < -0.39 is 0 Å². The van der Waals surface area contributed by atoms with Gasteiger partial charge in [0, 0.05) is 18.8 Å². The van der Waals surface area contributed by atoms with Crippen molar-refractivity contribution in [1.29, 1.82) is 5.26 Å². The van der Waals surface area contributed by atoms with Gasteiger partial charge in [0.1, 0.15) is 29.2 Å². The molecule has 0 aliphatic carbocycles. The van der Waals surface area contributed by atoms with E-state index in [9.17, 15) is 0 Å². The number of aryl methyl sites for hydroxylation is 1. The third kappa shape index (κ3) is 2.88. The smallest absolute Gasteiger partial charge is 0.190 e. The van der Waals surface area contributed by atoms with Crippen molar-refractivity contribution in [2.24, 2.45) is 7.05 Å². The average molecular weight is 347 g/mol. The number of nitrogens with zero attached hydrogens (tertiary/aromatic N) is 6. The molecule has 0 unspecified atom stereocenters. The van der Waals surface area contributed by atoms with Crippen molar-refractivity contribution in [3.05, 3.63) is 60.8 Å². The van der Waals surface area contributed by atoms with Crippen LogP contribution in [0.25, 0.3) is 16.3 Å². The van der Waals surface area contributed by atoms with Crippen LogP contribution in [-0.2, 0) is 7.05 Å². The Morgan fingerprint density at radius 1 is 1.24 bits per heavy atom. The first kappa shape index (κ1) is 15.1. The molecule has 0 aliphatic rings. The Morgan fingerprint density at radius 3 is 2.88 bits per heavy atom. The highest BCUT2D eigenvalue weighted by Gasteiger charge is 2.16. The third-order valence-corrected chi connectivity index (χ3v) is 4.64. The zero-order valence-corrected chi connectivity index (χ0v) is 14.1. The van der Waals surface area contributed by atoms with E-state index in [1.165, 1.54) is 17.7 Å². The number of rotatable bonds is 4. The summed E-state index contributed by atoms with van der Waals surface area (Å²) in [4.78, 5) is 8.74. The number of aromatic nitrogens is 5. The van der Waals surface area contributed by atoms with Gasteiger partial charge in [-0.05, 0) is 24.3 Å². The molecule has 0 spiro atoms. The van der Waals surface area contributed by atoms with E-state index in [4.69, 9.17) is 10.2 Å². The maximum Gasteiger partial charge on any atom is 0.190 e. The highest BCUT2D eigenvalue weighted by atomic mass is 32.1. The Labute approximate surface area is 147 Å². The summed E-state index contributed by atoms with van der Waals surface area (Å²) in [5, 5.41) is 18.3. The highest BCUT2D eigenvalue weighted by Crippen LogP contribution is 2.35. The first-order chi connectivity index (χ1) is 12.2. The first-order valence-corrected chi connectivity index (χ1v) is 8.31. The summed E-state index contributed by atoms with van der Waals surface area (Å²) in [7, 11) is 1.96. The Balaban J connectivity index is 1.81. The topological polar surface area (TPSA) is 84.4 Å². The summed E-state index contributed by atoms with van der Waals surface area (Å²) < 4.78 is 3.66. The highest BCUT2D eigenvalue weighted by molar-refractivity contribution is 7.18. The molecule has 3 heterocycles. The molecule has 8 heteroatoms. The van der Waals surface area contributed by atoms with Crippen LogP contribution < -0.4 is 5.32 Å². The van der Waals surface area contributed by atoms with E-state index >= 15 is 0 Å². The number of anilines is 2. The van der Waals surface area contributed by atoms with Gasteiger partial charge < -0.3 is 9.88 Å². The largest absolute Gasteiger partial charge is 0.338 e. The third-order valence-electron chi connectivity index (χ3n) is 3.68.